The molecule has 1 aliphatic rings. The number of anilines is 1. The summed E-state index contributed by atoms with van der Waals surface area (Å²) in [6.45, 7) is 4.18. The molecule has 0 saturated heterocycles. The highest BCUT2D eigenvalue weighted by molar-refractivity contribution is 6.30. The number of benzene rings is 2. The molecule has 0 radical (unpaired) electrons. The Balaban J connectivity index is 1.99. The first-order valence-corrected chi connectivity index (χ1v) is 8.21. The first kappa shape index (κ1) is 16.8. The number of carboxylic acids is 1. The highest BCUT2D eigenvalue weighted by Crippen LogP contribution is 2.45. The first-order valence-electron chi connectivity index (χ1n) is 7.83. The van der Waals surface area contributed by atoms with Crippen molar-refractivity contribution >= 4 is 23.3 Å². The van der Waals surface area contributed by atoms with Crippen LogP contribution in [-0.4, -0.2) is 11.1 Å². The van der Waals surface area contributed by atoms with E-state index in [0.717, 1.165) is 16.8 Å². The molecule has 126 valence electrons. The van der Waals surface area contributed by atoms with Gasteiger partial charge in [0, 0.05) is 16.3 Å². The third-order valence-corrected chi connectivity index (χ3v) is 4.78. The topological polar surface area (TPSA) is 49.3 Å². The zero-order valence-corrected chi connectivity index (χ0v) is 14.3. The maximum absolute atomic E-state index is 14.2. The maximum Gasteiger partial charge on any atom is 0.307 e. The lowest BCUT2D eigenvalue weighted by Crippen LogP contribution is -2.31. The van der Waals surface area contributed by atoms with Crippen LogP contribution in [0.1, 0.15) is 43.0 Å². The van der Waals surface area contributed by atoms with E-state index in [1.807, 2.05) is 12.1 Å². The van der Waals surface area contributed by atoms with Gasteiger partial charge in [-0.15, -0.1) is 0 Å². The van der Waals surface area contributed by atoms with Gasteiger partial charge in [-0.3, -0.25) is 4.79 Å². The molecular weight excluding hydrogens is 329 g/mol. The molecule has 1 heterocycles. The summed E-state index contributed by atoms with van der Waals surface area (Å²) in [5, 5.41) is 12.9. The van der Waals surface area contributed by atoms with E-state index in [1.165, 1.54) is 6.07 Å². The highest BCUT2D eigenvalue weighted by atomic mass is 35.5. The van der Waals surface area contributed by atoms with Crippen molar-refractivity contribution in [3.8, 4) is 0 Å². The number of carboxylic acid groups (broad SMARTS) is 1. The van der Waals surface area contributed by atoms with Crippen LogP contribution in [0.25, 0.3) is 0 Å². The second-order valence-corrected chi connectivity index (χ2v) is 7.34. The standard InChI is InChI=1S/C19H19ClFNO2/c1-19(2)10-17(13-9-12(20)4-5-15(13)21)22-16-6-3-11(7-14(16)19)8-18(23)24/h3-7,9,17,22H,8,10H2,1-2H3,(H,23,24). The molecule has 0 spiro atoms. The van der Waals surface area contributed by atoms with Crippen molar-refractivity contribution in [1.29, 1.82) is 0 Å². The number of carbonyl (C=O) groups is 1. The summed E-state index contributed by atoms with van der Waals surface area (Å²) >= 11 is 6.03. The molecule has 2 aromatic carbocycles. The van der Waals surface area contributed by atoms with Crippen LogP contribution in [0.2, 0.25) is 5.02 Å². The Hall–Kier alpha value is -2.07. The van der Waals surface area contributed by atoms with Crippen molar-refractivity contribution in [3.63, 3.8) is 0 Å². The van der Waals surface area contributed by atoms with E-state index in [4.69, 9.17) is 16.7 Å². The lowest BCUT2D eigenvalue weighted by Gasteiger charge is -2.39. The van der Waals surface area contributed by atoms with E-state index in [0.29, 0.717) is 17.0 Å². The van der Waals surface area contributed by atoms with Gasteiger partial charge < -0.3 is 10.4 Å². The molecule has 0 aromatic heterocycles. The molecule has 3 rings (SSSR count). The predicted molar refractivity (Wildman–Crippen MR) is 93.2 cm³/mol. The number of fused-ring (bicyclic) bond motifs is 1. The summed E-state index contributed by atoms with van der Waals surface area (Å²) in [6, 6.07) is 10.0. The lowest BCUT2D eigenvalue weighted by molar-refractivity contribution is -0.136. The van der Waals surface area contributed by atoms with Crippen LogP contribution >= 0.6 is 11.6 Å². The number of rotatable bonds is 3. The molecule has 0 amide bonds. The van der Waals surface area contributed by atoms with Gasteiger partial charge in [-0.05, 0) is 47.2 Å². The minimum Gasteiger partial charge on any atom is -0.481 e. The van der Waals surface area contributed by atoms with Crippen molar-refractivity contribution < 1.29 is 14.3 Å². The highest BCUT2D eigenvalue weighted by Gasteiger charge is 2.34. The third kappa shape index (κ3) is 3.24. The average molecular weight is 348 g/mol. The number of halogens is 2. The molecule has 1 aliphatic heterocycles. The second kappa shape index (κ2) is 6.10. The molecule has 5 heteroatoms. The van der Waals surface area contributed by atoms with Crippen LogP contribution in [0.15, 0.2) is 36.4 Å². The molecule has 0 saturated carbocycles. The van der Waals surface area contributed by atoms with E-state index in [9.17, 15) is 9.18 Å². The second-order valence-electron chi connectivity index (χ2n) is 6.90. The van der Waals surface area contributed by atoms with Crippen LogP contribution in [0.3, 0.4) is 0 Å². The van der Waals surface area contributed by atoms with Crippen LogP contribution in [0.5, 0.6) is 0 Å². The third-order valence-electron chi connectivity index (χ3n) is 4.55. The van der Waals surface area contributed by atoms with Gasteiger partial charge in [0.15, 0.2) is 0 Å². The molecule has 24 heavy (non-hydrogen) atoms. The Labute approximate surface area is 145 Å². The number of hydrogen-bond donors (Lipinski definition) is 2. The predicted octanol–water partition coefficient (Wildman–Crippen LogP) is 4.94. The molecule has 2 N–H and O–H groups in total. The van der Waals surface area contributed by atoms with Crippen molar-refractivity contribution in [1.82, 2.24) is 0 Å². The normalized spacial score (nSPS) is 18.6. The summed E-state index contributed by atoms with van der Waals surface area (Å²) in [6.07, 6.45) is 0.684. The van der Waals surface area contributed by atoms with Gasteiger partial charge in [0.25, 0.3) is 0 Å². The first-order chi connectivity index (χ1) is 11.3. The minimum absolute atomic E-state index is 0.00426. The van der Waals surface area contributed by atoms with Crippen molar-refractivity contribution in [2.75, 3.05) is 5.32 Å². The molecule has 3 nitrogen and oxygen atoms in total. The van der Waals surface area contributed by atoms with Crippen LogP contribution in [0.4, 0.5) is 10.1 Å². The van der Waals surface area contributed by atoms with E-state index in [1.54, 1.807) is 18.2 Å². The molecule has 1 atom stereocenters. The van der Waals surface area contributed by atoms with E-state index in [-0.39, 0.29) is 23.7 Å². The monoisotopic (exact) mass is 347 g/mol. The van der Waals surface area contributed by atoms with Crippen LogP contribution < -0.4 is 5.32 Å². The smallest absolute Gasteiger partial charge is 0.307 e. The van der Waals surface area contributed by atoms with Crippen molar-refractivity contribution in [2.24, 2.45) is 0 Å². The van der Waals surface area contributed by atoms with Gasteiger partial charge in [0.1, 0.15) is 5.82 Å². The van der Waals surface area contributed by atoms with Gasteiger partial charge in [-0.2, -0.15) is 0 Å². The summed E-state index contributed by atoms with van der Waals surface area (Å²) in [5.74, 6) is -1.13. The summed E-state index contributed by atoms with van der Waals surface area (Å²) in [5.41, 5.74) is 3.07. The van der Waals surface area contributed by atoms with Crippen LogP contribution in [-0.2, 0) is 16.6 Å². The van der Waals surface area contributed by atoms with Gasteiger partial charge in [-0.25, -0.2) is 4.39 Å². The number of nitrogens with one attached hydrogen (secondary N) is 1. The van der Waals surface area contributed by atoms with Gasteiger partial charge >= 0.3 is 5.97 Å². The van der Waals surface area contributed by atoms with Crippen molar-refractivity contribution in [2.45, 2.75) is 38.1 Å². The molecule has 1 unspecified atom stereocenters. The Morgan fingerprint density at radius 2 is 2.08 bits per heavy atom. The molecule has 2 aromatic rings. The largest absolute Gasteiger partial charge is 0.481 e. The summed E-state index contributed by atoms with van der Waals surface area (Å²) in [4.78, 5) is 10.9. The zero-order chi connectivity index (χ0) is 17.5. The quantitative estimate of drug-likeness (QED) is 0.826. The van der Waals surface area contributed by atoms with Gasteiger partial charge in [0.2, 0.25) is 0 Å². The van der Waals surface area contributed by atoms with E-state index < -0.39 is 5.97 Å². The van der Waals surface area contributed by atoms with Crippen LogP contribution in [0, 0.1) is 5.82 Å². The van der Waals surface area contributed by atoms with E-state index >= 15 is 0 Å². The molecule has 0 fully saturated rings. The molecule has 0 aliphatic carbocycles. The maximum atomic E-state index is 14.2. The van der Waals surface area contributed by atoms with E-state index in [2.05, 4.69) is 19.2 Å². The average Bonchev–Trinajstić information content (AvgIpc) is 2.49. The number of aliphatic carboxylic acids is 1. The Kier molecular flexibility index (Phi) is 4.26. The molecule has 0 bridgehead atoms. The Morgan fingerprint density at radius 3 is 2.79 bits per heavy atom. The fourth-order valence-electron chi connectivity index (χ4n) is 3.39. The fourth-order valence-corrected chi connectivity index (χ4v) is 3.57. The molecular formula is C19H19ClFNO2. The Bertz CT molecular complexity index is 804. The summed E-state index contributed by atoms with van der Waals surface area (Å²) < 4.78 is 14.2. The lowest BCUT2D eigenvalue weighted by atomic mass is 9.73. The fraction of sp³-hybridized carbons (Fsp3) is 0.316. The van der Waals surface area contributed by atoms with Gasteiger partial charge in [0.05, 0.1) is 12.5 Å². The Morgan fingerprint density at radius 1 is 1.33 bits per heavy atom. The number of hydrogen-bond acceptors (Lipinski definition) is 2. The van der Waals surface area contributed by atoms with Crippen molar-refractivity contribution in [3.05, 3.63) is 63.9 Å². The zero-order valence-electron chi connectivity index (χ0n) is 13.6. The minimum atomic E-state index is -0.851. The summed E-state index contributed by atoms with van der Waals surface area (Å²) in [7, 11) is 0. The van der Waals surface area contributed by atoms with Gasteiger partial charge in [-0.1, -0.05) is 37.6 Å². The SMILES string of the molecule is CC1(C)CC(c2cc(Cl)ccc2F)Nc2ccc(CC(=O)O)cc21.